The number of carbonyl (C=O) groups is 1. The van der Waals surface area contributed by atoms with Crippen LogP contribution < -0.4 is 5.32 Å². The van der Waals surface area contributed by atoms with Crippen LogP contribution in [0.4, 0.5) is 5.69 Å². The predicted molar refractivity (Wildman–Crippen MR) is 85.9 cm³/mol. The molecule has 22 heavy (non-hydrogen) atoms. The van der Waals surface area contributed by atoms with Crippen molar-refractivity contribution in [1.29, 1.82) is 0 Å². The number of hydrogen-bond donors (Lipinski definition) is 2. The number of fused-ring (bicyclic) bond motifs is 2. The summed E-state index contributed by atoms with van der Waals surface area (Å²) in [5.74, 6) is 1.13. The van der Waals surface area contributed by atoms with E-state index in [2.05, 4.69) is 27.4 Å². The number of aromatic amines is 1. The number of nitrogens with zero attached hydrogens (tertiary/aromatic N) is 1. The zero-order valence-corrected chi connectivity index (χ0v) is 12.9. The van der Waals surface area contributed by atoms with E-state index in [4.69, 9.17) is 0 Å². The Kier molecular flexibility index (Phi) is 3.25. The Hall–Kier alpha value is -2.10. The second-order valence-corrected chi connectivity index (χ2v) is 6.51. The highest BCUT2D eigenvalue weighted by atomic mass is 16.1. The zero-order valence-electron chi connectivity index (χ0n) is 12.9. The van der Waals surface area contributed by atoms with E-state index in [9.17, 15) is 4.79 Å². The van der Waals surface area contributed by atoms with Crippen molar-refractivity contribution in [1.82, 2.24) is 9.97 Å². The molecule has 4 heteroatoms. The number of benzene rings is 1. The highest BCUT2D eigenvalue weighted by Crippen LogP contribution is 2.27. The lowest BCUT2D eigenvalue weighted by atomic mass is 9.89. The van der Waals surface area contributed by atoms with Crippen molar-refractivity contribution < 1.29 is 4.79 Å². The van der Waals surface area contributed by atoms with Crippen LogP contribution in [-0.2, 0) is 30.5 Å². The van der Waals surface area contributed by atoms with Gasteiger partial charge in [-0.3, -0.25) is 4.79 Å². The standard InChI is InChI=1S/C18H21N3O/c1-11-19-16-8-6-14(10-17(16)20-11)18(22)21-15-7-5-12-3-2-4-13(12)9-15/h5,7,9,14H,2-4,6,8,10H2,1H3,(H,19,20)(H,21,22). The van der Waals surface area contributed by atoms with Crippen LogP contribution in [0.5, 0.6) is 0 Å². The fourth-order valence-electron chi connectivity index (χ4n) is 3.74. The average Bonchev–Trinajstić information content (AvgIpc) is 3.10. The van der Waals surface area contributed by atoms with E-state index >= 15 is 0 Å². The summed E-state index contributed by atoms with van der Waals surface area (Å²) in [7, 11) is 0. The van der Waals surface area contributed by atoms with Crippen LogP contribution in [0.25, 0.3) is 0 Å². The first-order chi connectivity index (χ1) is 10.7. The molecule has 0 bridgehead atoms. The summed E-state index contributed by atoms with van der Waals surface area (Å²) in [6.07, 6.45) is 6.09. The number of amides is 1. The maximum atomic E-state index is 12.5. The van der Waals surface area contributed by atoms with Crippen molar-refractivity contribution >= 4 is 11.6 Å². The molecule has 2 aromatic rings. The molecule has 2 aliphatic carbocycles. The number of rotatable bonds is 2. The van der Waals surface area contributed by atoms with E-state index in [1.54, 1.807) is 0 Å². The molecule has 0 fully saturated rings. The first-order valence-corrected chi connectivity index (χ1v) is 8.16. The molecule has 1 aromatic carbocycles. The van der Waals surface area contributed by atoms with Gasteiger partial charge in [-0.2, -0.15) is 0 Å². The maximum Gasteiger partial charge on any atom is 0.227 e. The molecule has 2 N–H and O–H groups in total. The molecule has 0 spiro atoms. The largest absolute Gasteiger partial charge is 0.346 e. The Morgan fingerprint density at radius 3 is 3.05 bits per heavy atom. The third kappa shape index (κ3) is 2.43. The van der Waals surface area contributed by atoms with Crippen LogP contribution in [0.15, 0.2) is 18.2 Å². The van der Waals surface area contributed by atoms with E-state index in [1.807, 2.05) is 13.0 Å². The molecule has 1 heterocycles. The van der Waals surface area contributed by atoms with Gasteiger partial charge in [0, 0.05) is 23.7 Å². The normalized spacial score (nSPS) is 19.6. The van der Waals surface area contributed by atoms with Gasteiger partial charge >= 0.3 is 0 Å². The summed E-state index contributed by atoms with van der Waals surface area (Å²) < 4.78 is 0. The molecular formula is C18H21N3O. The van der Waals surface area contributed by atoms with E-state index in [0.717, 1.165) is 48.6 Å². The minimum absolute atomic E-state index is 0.0422. The van der Waals surface area contributed by atoms with Crippen molar-refractivity contribution in [3.63, 3.8) is 0 Å². The van der Waals surface area contributed by atoms with E-state index in [1.165, 1.54) is 24.0 Å². The smallest absolute Gasteiger partial charge is 0.227 e. The van der Waals surface area contributed by atoms with Gasteiger partial charge < -0.3 is 10.3 Å². The molecule has 1 amide bonds. The number of imidazole rings is 1. The number of carbonyl (C=O) groups excluding carboxylic acids is 1. The summed E-state index contributed by atoms with van der Waals surface area (Å²) in [4.78, 5) is 20.3. The lowest BCUT2D eigenvalue weighted by Crippen LogP contribution is -2.28. The van der Waals surface area contributed by atoms with Gasteiger partial charge in [0.15, 0.2) is 0 Å². The molecule has 1 unspecified atom stereocenters. The van der Waals surface area contributed by atoms with Crippen LogP contribution in [-0.4, -0.2) is 15.9 Å². The minimum atomic E-state index is 0.0422. The first kappa shape index (κ1) is 13.6. The summed E-state index contributed by atoms with van der Waals surface area (Å²) in [5.41, 5.74) is 6.05. The molecule has 0 saturated heterocycles. The average molecular weight is 295 g/mol. The van der Waals surface area contributed by atoms with Crippen LogP contribution in [0.2, 0.25) is 0 Å². The van der Waals surface area contributed by atoms with Gasteiger partial charge in [0.2, 0.25) is 5.91 Å². The highest BCUT2D eigenvalue weighted by Gasteiger charge is 2.27. The zero-order chi connectivity index (χ0) is 15.1. The SMILES string of the molecule is Cc1nc2c([nH]1)CC(C(=O)Nc1ccc3c(c1)CCC3)CC2. The Balaban J connectivity index is 1.46. The number of aryl methyl sites for hydroxylation is 4. The molecule has 4 rings (SSSR count). The third-order valence-corrected chi connectivity index (χ3v) is 4.90. The molecular weight excluding hydrogens is 274 g/mol. The van der Waals surface area contributed by atoms with E-state index in [0.29, 0.717) is 0 Å². The minimum Gasteiger partial charge on any atom is -0.346 e. The Morgan fingerprint density at radius 1 is 1.27 bits per heavy atom. The molecule has 0 radical (unpaired) electrons. The monoisotopic (exact) mass is 295 g/mol. The number of anilines is 1. The quantitative estimate of drug-likeness (QED) is 0.895. The lowest BCUT2D eigenvalue weighted by Gasteiger charge is -2.20. The predicted octanol–water partition coefficient (Wildman–Crippen LogP) is 2.95. The fraction of sp³-hybridized carbons (Fsp3) is 0.444. The van der Waals surface area contributed by atoms with Gasteiger partial charge in [-0.15, -0.1) is 0 Å². The van der Waals surface area contributed by atoms with Crippen LogP contribution in [0.3, 0.4) is 0 Å². The second-order valence-electron chi connectivity index (χ2n) is 6.51. The lowest BCUT2D eigenvalue weighted by molar-refractivity contribution is -0.120. The Morgan fingerprint density at radius 2 is 2.14 bits per heavy atom. The summed E-state index contributed by atoms with van der Waals surface area (Å²) in [6.45, 7) is 1.97. The van der Waals surface area contributed by atoms with Gasteiger partial charge in [-0.25, -0.2) is 4.98 Å². The Bertz CT molecular complexity index is 732. The van der Waals surface area contributed by atoms with Gasteiger partial charge in [0.1, 0.15) is 5.82 Å². The first-order valence-electron chi connectivity index (χ1n) is 8.16. The van der Waals surface area contributed by atoms with Gasteiger partial charge in [0.05, 0.1) is 5.69 Å². The molecule has 4 nitrogen and oxygen atoms in total. The van der Waals surface area contributed by atoms with E-state index < -0.39 is 0 Å². The fourth-order valence-corrected chi connectivity index (χ4v) is 3.74. The number of aromatic nitrogens is 2. The maximum absolute atomic E-state index is 12.5. The summed E-state index contributed by atoms with van der Waals surface area (Å²) in [6, 6.07) is 6.35. The second kappa shape index (κ2) is 5.27. The molecule has 0 aliphatic heterocycles. The summed E-state index contributed by atoms with van der Waals surface area (Å²) >= 11 is 0. The van der Waals surface area contributed by atoms with Crippen molar-refractivity contribution in [3.05, 3.63) is 46.5 Å². The van der Waals surface area contributed by atoms with Crippen molar-refractivity contribution in [3.8, 4) is 0 Å². The topological polar surface area (TPSA) is 57.8 Å². The molecule has 1 aromatic heterocycles. The van der Waals surface area contributed by atoms with Gasteiger partial charge in [-0.05, 0) is 62.3 Å². The van der Waals surface area contributed by atoms with Crippen molar-refractivity contribution in [2.24, 2.45) is 5.92 Å². The number of H-pyrrole nitrogens is 1. The van der Waals surface area contributed by atoms with Crippen LogP contribution in [0, 0.1) is 12.8 Å². The van der Waals surface area contributed by atoms with Crippen molar-refractivity contribution in [2.45, 2.75) is 45.4 Å². The molecule has 0 saturated carbocycles. The number of hydrogen-bond acceptors (Lipinski definition) is 2. The van der Waals surface area contributed by atoms with Gasteiger partial charge in [-0.1, -0.05) is 6.07 Å². The van der Waals surface area contributed by atoms with Crippen LogP contribution >= 0.6 is 0 Å². The molecule has 1 atom stereocenters. The number of nitrogens with one attached hydrogen (secondary N) is 2. The molecule has 114 valence electrons. The summed E-state index contributed by atoms with van der Waals surface area (Å²) in [5, 5.41) is 3.11. The van der Waals surface area contributed by atoms with Crippen LogP contribution in [0.1, 0.15) is 41.2 Å². The highest BCUT2D eigenvalue weighted by molar-refractivity contribution is 5.93. The molecule has 2 aliphatic rings. The Labute approximate surface area is 130 Å². The van der Waals surface area contributed by atoms with Crippen molar-refractivity contribution in [2.75, 3.05) is 5.32 Å². The van der Waals surface area contributed by atoms with Gasteiger partial charge in [0.25, 0.3) is 0 Å². The van der Waals surface area contributed by atoms with E-state index in [-0.39, 0.29) is 11.8 Å². The third-order valence-electron chi connectivity index (χ3n) is 4.90.